The second-order valence-electron chi connectivity index (χ2n) is 3.41. The molecule has 1 unspecified atom stereocenters. The van der Waals surface area contributed by atoms with Crippen LogP contribution in [0.25, 0.3) is 10.8 Å². The molecule has 2 rings (SSSR count). The van der Waals surface area contributed by atoms with Crippen LogP contribution >= 0.6 is 0 Å². The highest BCUT2D eigenvalue weighted by atomic mass is 16.5. The number of benzene rings is 2. The van der Waals surface area contributed by atoms with Gasteiger partial charge >= 0.3 is 0 Å². The molecule has 14 heavy (non-hydrogen) atoms. The first-order valence-corrected chi connectivity index (χ1v) is 4.75. The van der Waals surface area contributed by atoms with Crippen LogP contribution in [0.3, 0.4) is 0 Å². The Hall–Kier alpha value is -1.50. The molecule has 0 aliphatic heterocycles. The highest BCUT2D eigenvalue weighted by molar-refractivity contribution is 5.88. The minimum atomic E-state index is -0.0270. The molecular formula is C13H13O. The third-order valence-corrected chi connectivity index (χ3v) is 2.08. The van der Waals surface area contributed by atoms with Crippen molar-refractivity contribution < 1.29 is 4.74 Å². The first-order valence-electron chi connectivity index (χ1n) is 4.75. The van der Waals surface area contributed by atoms with E-state index in [4.69, 9.17) is 4.74 Å². The van der Waals surface area contributed by atoms with Gasteiger partial charge in [-0.05, 0) is 25.3 Å². The van der Waals surface area contributed by atoms with E-state index in [-0.39, 0.29) is 6.10 Å². The van der Waals surface area contributed by atoms with Crippen molar-refractivity contribution in [3.05, 3.63) is 49.4 Å². The van der Waals surface area contributed by atoms with Crippen molar-refractivity contribution >= 4 is 10.8 Å². The van der Waals surface area contributed by atoms with E-state index in [1.807, 2.05) is 31.2 Å². The lowest BCUT2D eigenvalue weighted by atomic mass is 10.1. The molecule has 0 aromatic heterocycles. The van der Waals surface area contributed by atoms with Gasteiger partial charge in [0.25, 0.3) is 0 Å². The Morgan fingerprint density at radius 2 is 1.79 bits per heavy atom. The van der Waals surface area contributed by atoms with E-state index in [1.54, 1.807) is 0 Å². The van der Waals surface area contributed by atoms with Crippen LogP contribution in [0.1, 0.15) is 6.92 Å². The molecule has 0 aliphatic carbocycles. The van der Waals surface area contributed by atoms with Crippen molar-refractivity contribution in [3.8, 4) is 5.75 Å². The molecule has 0 amide bonds. The lowest BCUT2D eigenvalue weighted by Crippen LogP contribution is -2.06. The van der Waals surface area contributed by atoms with Crippen LogP contribution in [0, 0.1) is 6.92 Å². The van der Waals surface area contributed by atoms with Gasteiger partial charge in [-0.3, -0.25) is 0 Å². The summed E-state index contributed by atoms with van der Waals surface area (Å²) in [6.45, 7) is 5.75. The lowest BCUT2D eigenvalue weighted by molar-refractivity contribution is 0.271. The Balaban J connectivity index is 2.53. The topological polar surface area (TPSA) is 9.23 Å². The summed E-state index contributed by atoms with van der Waals surface area (Å²) in [6.07, 6.45) is -0.0270. The standard InChI is InChI=1S/C13H13O/c1-10(2)14-13-9-5-7-11-6-3-4-8-12(11)13/h3-10H,1H2,2H3. The molecule has 1 atom stereocenters. The molecule has 0 saturated heterocycles. The summed E-state index contributed by atoms with van der Waals surface area (Å²) in [5, 5.41) is 2.34. The molecule has 1 heteroatoms. The quantitative estimate of drug-likeness (QED) is 0.696. The Morgan fingerprint density at radius 3 is 2.57 bits per heavy atom. The van der Waals surface area contributed by atoms with E-state index in [0.717, 1.165) is 11.1 Å². The van der Waals surface area contributed by atoms with Gasteiger partial charge in [-0.25, -0.2) is 0 Å². The van der Waals surface area contributed by atoms with Gasteiger partial charge in [-0.15, -0.1) is 0 Å². The molecule has 1 nitrogen and oxygen atoms in total. The summed E-state index contributed by atoms with van der Waals surface area (Å²) in [5.41, 5.74) is 0. The molecule has 2 aromatic carbocycles. The van der Waals surface area contributed by atoms with Crippen molar-refractivity contribution in [3.63, 3.8) is 0 Å². The molecule has 71 valence electrons. The molecule has 0 spiro atoms. The predicted molar refractivity (Wildman–Crippen MR) is 59.4 cm³/mol. The van der Waals surface area contributed by atoms with Crippen molar-refractivity contribution in [1.82, 2.24) is 0 Å². The zero-order chi connectivity index (χ0) is 9.97. The van der Waals surface area contributed by atoms with Crippen LogP contribution in [-0.2, 0) is 0 Å². The number of ether oxygens (including phenoxy) is 1. The van der Waals surface area contributed by atoms with Gasteiger partial charge in [0.05, 0.1) is 6.10 Å². The van der Waals surface area contributed by atoms with E-state index in [0.29, 0.717) is 0 Å². The Bertz CT molecular complexity index is 427. The zero-order valence-electron chi connectivity index (χ0n) is 8.23. The van der Waals surface area contributed by atoms with Crippen LogP contribution in [0.2, 0.25) is 0 Å². The fourth-order valence-electron chi connectivity index (χ4n) is 1.52. The van der Waals surface area contributed by atoms with E-state index in [2.05, 4.69) is 25.1 Å². The van der Waals surface area contributed by atoms with Gasteiger partial charge in [-0.1, -0.05) is 36.4 Å². The zero-order valence-corrected chi connectivity index (χ0v) is 8.23. The molecular weight excluding hydrogens is 172 g/mol. The molecule has 0 heterocycles. The van der Waals surface area contributed by atoms with Crippen LogP contribution in [0.15, 0.2) is 42.5 Å². The smallest absolute Gasteiger partial charge is 0.127 e. The van der Waals surface area contributed by atoms with E-state index in [1.165, 1.54) is 5.39 Å². The van der Waals surface area contributed by atoms with Gasteiger partial charge in [0, 0.05) is 5.39 Å². The van der Waals surface area contributed by atoms with Gasteiger partial charge in [0.15, 0.2) is 0 Å². The average Bonchev–Trinajstić information content (AvgIpc) is 2.18. The van der Waals surface area contributed by atoms with Crippen molar-refractivity contribution in [2.45, 2.75) is 13.0 Å². The Kier molecular flexibility index (Phi) is 2.40. The first kappa shape index (κ1) is 9.07. The largest absolute Gasteiger partial charge is 0.490 e. The summed E-state index contributed by atoms with van der Waals surface area (Å²) >= 11 is 0. The summed E-state index contributed by atoms with van der Waals surface area (Å²) in [6, 6.07) is 14.2. The maximum atomic E-state index is 5.62. The van der Waals surface area contributed by atoms with Crippen molar-refractivity contribution in [2.24, 2.45) is 0 Å². The summed E-state index contributed by atoms with van der Waals surface area (Å²) in [7, 11) is 0. The third kappa shape index (κ3) is 1.72. The van der Waals surface area contributed by atoms with Crippen LogP contribution in [0.4, 0.5) is 0 Å². The molecule has 2 aromatic rings. The average molecular weight is 185 g/mol. The normalized spacial score (nSPS) is 10.8. The highest BCUT2D eigenvalue weighted by Gasteiger charge is 2.02. The van der Waals surface area contributed by atoms with Gasteiger partial charge < -0.3 is 4.74 Å². The number of rotatable bonds is 2. The van der Waals surface area contributed by atoms with Crippen LogP contribution in [-0.4, -0.2) is 6.10 Å². The van der Waals surface area contributed by atoms with Crippen molar-refractivity contribution in [2.75, 3.05) is 0 Å². The highest BCUT2D eigenvalue weighted by Crippen LogP contribution is 2.25. The van der Waals surface area contributed by atoms with Crippen molar-refractivity contribution in [1.29, 1.82) is 0 Å². The number of hydrogen-bond donors (Lipinski definition) is 0. The van der Waals surface area contributed by atoms with Crippen LogP contribution < -0.4 is 4.74 Å². The maximum Gasteiger partial charge on any atom is 0.127 e. The minimum absolute atomic E-state index is 0.0270. The Labute approximate surface area is 84.3 Å². The fourth-order valence-corrected chi connectivity index (χ4v) is 1.52. The summed E-state index contributed by atoms with van der Waals surface area (Å²) < 4.78 is 5.62. The number of hydrogen-bond acceptors (Lipinski definition) is 1. The summed E-state index contributed by atoms with van der Waals surface area (Å²) in [4.78, 5) is 0. The van der Waals surface area contributed by atoms with Gasteiger partial charge in [0.2, 0.25) is 0 Å². The SMILES string of the molecule is [CH2]C(C)Oc1cccc2ccccc12. The molecule has 0 saturated carbocycles. The second-order valence-corrected chi connectivity index (χ2v) is 3.41. The third-order valence-electron chi connectivity index (χ3n) is 2.08. The van der Waals surface area contributed by atoms with Gasteiger partial charge in [-0.2, -0.15) is 0 Å². The monoisotopic (exact) mass is 185 g/mol. The molecule has 0 aliphatic rings. The minimum Gasteiger partial charge on any atom is -0.490 e. The second kappa shape index (κ2) is 3.70. The number of fused-ring (bicyclic) bond motifs is 1. The fraction of sp³-hybridized carbons (Fsp3) is 0.154. The molecule has 0 N–H and O–H groups in total. The summed E-state index contributed by atoms with van der Waals surface area (Å²) in [5.74, 6) is 0.908. The van der Waals surface area contributed by atoms with E-state index >= 15 is 0 Å². The molecule has 0 bridgehead atoms. The van der Waals surface area contributed by atoms with E-state index in [9.17, 15) is 0 Å². The lowest BCUT2D eigenvalue weighted by Gasteiger charge is -2.11. The predicted octanol–water partition coefficient (Wildman–Crippen LogP) is 3.44. The first-order chi connectivity index (χ1) is 6.77. The van der Waals surface area contributed by atoms with Crippen LogP contribution in [0.5, 0.6) is 5.75 Å². The van der Waals surface area contributed by atoms with E-state index < -0.39 is 0 Å². The maximum absolute atomic E-state index is 5.62. The Morgan fingerprint density at radius 1 is 1.07 bits per heavy atom. The molecule has 0 fully saturated rings. The molecule has 1 radical (unpaired) electrons. The van der Waals surface area contributed by atoms with Gasteiger partial charge in [0.1, 0.15) is 5.75 Å².